The number of hydrogen-bond acceptors (Lipinski definition) is 5. The number of imidazole rings is 1. The van der Waals surface area contributed by atoms with Gasteiger partial charge in [0.1, 0.15) is 11.5 Å². The van der Waals surface area contributed by atoms with E-state index in [0.717, 1.165) is 37.3 Å². The zero-order valence-electron chi connectivity index (χ0n) is 14.3. The zero-order valence-corrected chi connectivity index (χ0v) is 14.3. The van der Waals surface area contributed by atoms with E-state index >= 15 is 0 Å². The molecule has 0 saturated heterocycles. The maximum Gasteiger partial charge on any atom is 0.274 e. The lowest BCUT2D eigenvalue weighted by molar-refractivity contribution is 0.0947. The third-order valence-electron chi connectivity index (χ3n) is 4.52. The number of benzene rings is 1. The van der Waals surface area contributed by atoms with Crippen LogP contribution in [-0.2, 0) is 19.5 Å². The Labute approximate surface area is 149 Å². The third kappa shape index (κ3) is 3.23. The van der Waals surface area contributed by atoms with E-state index in [0.29, 0.717) is 24.2 Å². The molecule has 2 N–H and O–H groups in total. The van der Waals surface area contributed by atoms with E-state index < -0.39 is 0 Å². The van der Waals surface area contributed by atoms with Crippen LogP contribution in [-0.4, -0.2) is 44.9 Å². The fourth-order valence-electron chi connectivity index (χ4n) is 3.13. The lowest BCUT2D eigenvalue weighted by Crippen LogP contribution is -2.32. The van der Waals surface area contributed by atoms with Gasteiger partial charge in [-0.1, -0.05) is 18.2 Å². The molecule has 3 aromatic rings. The van der Waals surface area contributed by atoms with E-state index in [-0.39, 0.29) is 11.5 Å². The third-order valence-corrected chi connectivity index (χ3v) is 4.52. The summed E-state index contributed by atoms with van der Waals surface area (Å²) in [7, 11) is 0. The molecule has 0 unspecified atom stereocenters. The molecule has 1 aromatic carbocycles. The van der Waals surface area contributed by atoms with E-state index in [9.17, 15) is 9.59 Å². The van der Waals surface area contributed by atoms with Crippen molar-refractivity contribution in [1.82, 2.24) is 30.0 Å². The second kappa shape index (κ2) is 7.09. The molecule has 134 valence electrons. The zero-order chi connectivity index (χ0) is 17.9. The Bertz CT molecular complexity index is 983. The smallest absolute Gasteiger partial charge is 0.274 e. The molecule has 8 nitrogen and oxygen atoms in total. The van der Waals surface area contributed by atoms with Crippen molar-refractivity contribution in [1.29, 1.82) is 0 Å². The first kappa shape index (κ1) is 16.5. The van der Waals surface area contributed by atoms with Crippen LogP contribution in [0.1, 0.15) is 16.3 Å². The predicted octanol–water partition coefficient (Wildman–Crippen LogP) is 0.169. The first-order chi connectivity index (χ1) is 12.7. The summed E-state index contributed by atoms with van der Waals surface area (Å²) in [4.78, 5) is 29.2. The minimum absolute atomic E-state index is 0.154. The molecule has 1 aliphatic rings. The first-order valence-electron chi connectivity index (χ1n) is 8.72. The molecule has 0 aliphatic carbocycles. The van der Waals surface area contributed by atoms with Gasteiger partial charge in [0.25, 0.3) is 11.5 Å². The van der Waals surface area contributed by atoms with Gasteiger partial charge in [-0.3, -0.25) is 9.59 Å². The number of hydrogen-bond donors (Lipinski definition) is 2. The van der Waals surface area contributed by atoms with Gasteiger partial charge in [0.15, 0.2) is 0 Å². The van der Waals surface area contributed by atoms with Crippen molar-refractivity contribution in [3.63, 3.8) is 0 Å². The van der Waals surface area contributed by atoms with Gasteiger partial charge in [-0.05, 0) is 6.07 Å². The average Bonchev–Trinajstić information content (AvgIpc) is 2.94. The van der Waals surface area contributed by atoms with Crippen LogP contribution in [0.15, 0.2) is 41.5 Å². The van der Waals surface area contributed by atoms with Crippen molar-refractivity contribution in [3.05, 3.63) is 58.5 Å². The second-order valence-corrected chi connectivity index (χ2v) is 6.25. The summed E-state index contributed by atoms with van der Waals surface area (Å²) in [6, 6.07) is 7.33. The average molecular weight is 352 g/mol. The van der Waals surface area contributed by atoms with Crippen molar-refractivity contribution in [2.24, 2.45) is 0 Å². The molecular formula is C18H20N6O2. The van der Waals surface area contributed by atoms with Crippen LogP contribution in [0.5, 0.6) is 0 Å². The number of nitrogens with zero attached hydrogens (tertiary/aromatic N) is 4. The predicted molar refractivity (Wildman–Crippen MR) is 97.1 cm³/mol. The van der Waals surface area contributed by atoms with E-state index in [4.69, 9.17) is 0 Å². The molecule has 0 spiro atoms. The standard InChI is InChI=1S/C18H20N6O2/c25-17(15-12-23-9-7-19-6-5-16(23)22-15)20-8-10-24-18(26)14-4-2-1-3-13(14)11-21-24/h1-4,11-12,19H,5-10H2,(H,20,25). The molecule has 0 fully saturated rings. The van der Waals surface area contributed by atoms with Crippen LogP contribution >= 0.6 is 0 Å². The Morgan fingerprint density at radius 2 is 2.15 bits per heavy atom. The summed E-state index contributed by atoms with van der Waals surface area (Å²) in [5.74, 6) is 0.694. The molecule has 1 aliphatic heterocycles. The summed E-state index contributed by atoms with van der Waals surface area (Å²) in [6.07, 6.45) is 4.26. The highest BCUT2D eigenvalue weighted by atomic mass is 16.2. The number of nitrogens with one attached hydrogen (secondary N) is 2. The van der Waals surface area contributed by atoms with Crippen molar-refractivity contribution < 1.29 is 4.79 Å². The fourth-order valence-corrected chi connectivity index (χ4v) is 3.13. The van der Waals surface area contributed by atoms with Gasteiger partial charge in [0.2, 0.25) is 0 Å². The SMILES string of the molecule is O=C(NCCn1ncc2ccccc2c1=O)c1cn2c(n1)CCNCC2. The van der Waals surface area contributed by atoms with Crippen LogP contribution in [0.25, 0.3) is 10.8 Å². The maximum absolute atomic E-state index is 12.4. The summed E-state index contributed by atoms with van der Waals surface area (Å²) in [5.41, 5.74) is 0.263. The van der Waals surface area contributed by atoms with Crippen molar-refractivity contribution in [3.8, 4) is 0 Å². The van der Waals surface area contributed by atoms with Crippen LogP contribution in [0.4, 0.5) is 0 Å². The molecule has 0 saturated carbocycles. The van der Waals surface area contributed by atoms with Gasteiger partial charge in [0, 0.05) is 44.2 Å². The highest BCUT2D eigenvalue weighted by Gasteiger charge is 2.15. The highest BCUT2D eigenvalue weighted by Crippen LogP contribution is 2.07. The van der Waals surface area contributed by atoms with Crippen LogP contribution < -0.4 is 16.2 Å². The Hall–Kier alpha value is -3.00. The minimum Gasteiger partial charge on any atom is -0.349 e. The fraction of sp³-hybridized carbons (Fsp3) is 0.333. The number of carbonyl (C=O) groups excluding carboxylic acids is 1. The molecule has 0 radical (unpaired) electrons. The lowest BCUT2D eigenvalue weighted by Gasteiger charge is -2.07. The van der Waals surface area contributed by atoms with Gasteiger partial charge >= 0.3 is 0 Å². The molecule has 3 heterocycles. The monoisotopic (exact) mass is 352 g/mol. The summed E-state index contributed by atoms with van der Waals surface area (Å²) in [5, 5.41) is 11.7. The summed E-state index contributed by atoms with van der Waals surface area (Å²) < 4.78 is 3.39. The highest BCUT2D eigenvalue weighted by molar-refractivity contribution is 5.92. The Kier molecular flexibility index (Phi) is 4.49. The maximum atomic E-state index is 12.4. The first-order valence-corrected chi connectivity index (χ1v) is 8.72. The summed E-state index contributed by atoms with van der Waals surface area (Å²) >= 11 is 0. The molecule has 4 rings (SSSR count). The van der Waals surface area contributed by atoms with Gasteiger partial charge in [-0.15, -0.1) is 0 Å². The van der Waals surface area contributed by atoms with Crippen LogP contribution in [0.3, 0.4) is 0 Å². The van der Waals surface area contributed by atoms with E-state index in [1.165, 1.54) is 4.68 Å². The van der Waals surface area contributed by atoms with Gasteiger partial charge in [0.05, 0.1) is 18.1 Å². The van der Waals surface area contributed by atoms with E-state index in [1.807, 2.05) is 22.8 Å². The molecule has 0 atom stereocenters. The largest absolute Gasteiger partial charge is 0.349 e. The van der Waals surface area contributed by atoms with Crippen LogP contribution in [0.2, 0.25) is 0 Å². The van der Waals surface area contributed by atoms with Gasteiger partial charge in [-0.2, -0.15) is 5.10 Å². The Balaban J connectivity index is 1.41. The lowest BCUT2D eigenvalue weighted by atomic mass is 10.2. The molecule has 1 amide bonds. The number of amides is 1. The van der Waals surface area contributed by atoms with E-state index in [1.54, 1.807) is 18.5 Å². The number of aromatic nitrogens is 4. The molecule has 0 bridgehead atoms. The molecule has 8 heteroatoms. The number of fused-ring (bicyclic) bond motifs is 2. The van der Waals surface area contributed by atoms with E-state index in [2.05, 4.69) is 20.7 Å². The minimum atomic E-state index is -0.229. The van der Waals surface area contributed by atoms with Crippen molar-refractivity contribution >= 4 is 16.7 Å². The molecule has 26 heavy (non-hydrogen) atoms. The Morgan fingerprint density at radius 3 is 3.08 bits per heavy atom. The number of carbonyl (C=O) groups is 1. The van der Waals surface area contributed by atoms with Crippen LogP contribution in [0, 0.1) is 0 Å². The Morgan fingerprint density at radius 1 is 1.27 bits per heavy atom. The van der Waals surface area contributed by atoms with Crippen molar-refractivity contribution in [2.75, 3.05) is 19.6 Å². The molecular weight excluding hydrogens is 332 g/mol. The molecule has 2 aromatic heterocycles. The second-order valence-electron chi connectivity index (χ2n) is 6.25. The van der Waals surface area contributed by atoms with Gasteiger partial charge in [-0.25, -0.2) is 9.67 Å². The normalized spacial score (nSPS) is 14.0. The van der Waals surface area contributed by atoms with Crippen molar-refractivity contribution in [2.45, 2.75) is 19.5 Å². The number of rotatable bonds is 4. The quantitative estimate of drug-likeness (QED) is 0.698. The van der Waals surface area contributed by atoms with Gasteiger partial charge < -0.3 is 15.2 Å². The topological polar surface area (TPSA) is 93.8 Å². The summed E-state index contributed by atoms with van der Waals surface area (Å²) in [6.45, 7) is 3.18.